The predicted molar refractivity (Wildman–Crippen MR) is 84.0 cm³/mol. The van der Waals surface area contributed by atoms with Crippen LogP contribution in [0.4, 0.5) is 0 Å². The van der Waals surface area contributed by atoms with Crippen molar-refractivity contribution in [1.82, 2.24) is 19.4 Å². The molecule has 2 heterocycles. The van der Waals surface area contributed by atoms with Crippen molar-refractivity contribution in [3.63, 3.8) is 0 Å². The molecule has 1 aliphatic heterocycles. The second-order valence-electron chi connectivity index (χ2n) is 5.66. The van der Waals surface area contributed by atoms with Gasteiger partial charge in [-0.25, -0.2) is 13.1 Å². The van der Waals surface area contributed by atoms with Gasteiger partial charge in [0.15, 0.2) is 5.03 Å². The quantitative estimate of drug-likeness (QED) is 0.721. The van der Waals surface area contributed by atoms with E-state index in [2.05, 4.69) is 14.7 Å². The van der Waals surface area contributed by atoms with Crippen molar-refractivity contribution in [1.29, 1.82) is 0 Å². The molecular formula is C14H26N4O3S. The third-order valence-electron chi connectivity index (χ3n) is 4.04. The maximum Gasteiger partial charge on any atom is 0.257 e. The molecule has 22 heavy (non-hydrogen) atoms. The van der Waals surface area contributed by atoms with Gasteiger partial charge in [-0.15, -0.1) is 0 Å². The lowest BCUT2D eigenvalue weighted by Gasteiger charge is -2.34. The third-order valence-corrected chi connectivity index (χ3v) is 5.52. The van der Waals surface area contributed by atoms with Crippen molar-refractivity contribution in [2.45, 2.75) is 50.2 Å². The molecule has 2 N–H and O–H groups in total. The van der Waals surface area contributed by atoms with Crippen molar-refractivity contribution in [3.8, 4) is 0 Å². The first-order valence-electron chi connectivity index (χ1n) is 7.95. The van der Waals surface area contributed by atoms with E-state index in [-0.39, 0.29) is 17.7 Å². The molecule has 0 bridgehead atoms. The van der Waals surface area contributed by atoms with E-state index < -0.39 is 10.0 Å². The molecule has 0 amide bonds. The number of nitrogens with one attached hydrogen (secondary N) is 1. The van der Waals surface area contributed by atoms with E-state index in [0.717, 1.165) is 32.2 Å². The summed E-state index contributed by atoms with van der Waals surface area (Å²) in [5.74, 6) is 0. The molecule has 7 nitrogen and oxygen atoms in total. The van der Waals surface area contributed by atoms with E-state index in [1.165, 1.54) is 16.9 Å². The minimum Gasteiger partial charge on any atom is -0.395 e. The van der Waals surface area contributed by atoms with Crippen LogP contribution in [0, 0.1) is 0 Å². The highest BCUT2D eigenvalue weighted by atomic mass is 32.2. The number of hydrogen-bond acceptors (Lipinski definition) is 5. The van der Waals surface area contributed by atoms with Gasteiger partial charge in [-0.2, -0.15) is 5.10 Å². The third kappa shape index (κ3) is 4.28. The lowest BCUT2D eigenvalue weighted by atomic mass is 10.0. The van der Waals surface area contributed by atoms with Crippen LogP contribution in [0.2, 0.25) is 0 Å². The number of hydrogen-bond donors (Lipinski definition) is 2. The zero-order chi connectivity index (χ0) is 16.0. The Labute approximate surface area is 132 Å². The molecule has 1 saturated heterocycles. The van der Waals surface area contributed by atoms with Crippen LogP contribution in [0.1, 0.15) is 32.6 Å². The molecule has 1 atom stereocenters. The minimum absolute atomic E-state index is 0.135. The fourth-order valence-electron chi connectivity index (χ4n) is 2.89. The molecule has 1 aliphatic rings. The molecule has 1 aromatic heterocycles. The molecule has 2 rings (SSSR count). The monoisotopic (exact) mass is 330 g/mol. The van der Waals surface area contributed by atoms with Crippen LogP contribution in [0.5, 0.6) is 0 Å². The first-order valence-corrected chi connectivity index (χ1v) is 9.43. The number of nitrogens with zero attached hydrogens (tertiary/aromatic N) is 3. The van der Waals surface area contributed by atoms with E-state index >= 15 is 0 Å². The largest absolute Gasteiger partial charge is 0.395 e. The number of aromatic nitrogens is 2. The Morgan fingerprint density at radius 2 is 2.23 bits per heavy atom. The van der Waals surface area contributed by atoms with Crippen molar-refractivity contribution in [3.05, 3.63) is 12.3 Å². The van der Waals surface area contributed by atoms with Crippen molar-refractivity contribution in [2.24, 2.45) is 0 Å². The van der Waals surface area contributed by atoms with Crippen molar-refractivity contribution >= 4 is 10.0 Å². The van der Waals surface area contributed by atoms with Gasteiger partial charge in [-0.3, -0.25) is 9.58 Å². The van der Waals surface area contributed by atoms with Gasteiger partial charge in [0.2, 0.25) is 0 Å². The lowest BCUT2D eigenvalue weighted by Crippen LogP contribution is -2.45. The molecule has 1 aromatic rings. The summed E-state index contributed by atoms with van der Waals surface area (Å²) >= 11 is 0. The average molecular weight is 330 g/mol. The lowest BCUT2D eigenvalue weighted by molar-refractivity contribution is 0.0923. The molecule has 0 radical (unpaired) electrons. The standard InChI is InChI=1S/C14H26N4O3S/c1-2-9-18-14(6-7-15-18)22(20,21)16-8-11-17-10-4-3-5-13(17)12-19/h6-7,13,16,19H,2-5,8-12H2,1H3/t13-/m1/s1. The summed E-state index contributed by atoms with van der Waals surface area (Å²) in [5.41, 5.74) is 0. The van der Waals surface area contributed by atoms with Gasteiger partial charge >= 0.3 is 0 Å². The summed E-state index contributed by atoms with van der Waals surface area (Å²) in [6.45, 7) is 4.58. The smallest absolute Gasteiger partial charge is 0.257 e. The number of rotatable bonds is 8. The number of aliphatic hydroxyl groups excluding tert-OH is 1. The maximum atomic E-state index is 12.3. The second-order valence-corrected chi connectivity index (χ2v) is 7.37. The Bertz CT molecular complexity index is 558. The Morgan fingerprint density at radius 1 is 1.41 bits per heavy atom. The predicted octanol–water partition coefficient (Wildman–Crippen LogP) is 0.418. The summed E-state index contributed by atoms with van der Waals surface area (Å²) < 4.78 is 28.8. The SMILES string of the molecule is CCCn1nccc1S(=O)(=O)NCCN1CCCC[C@@H]1CO. The molecule has 0 spiro atoms. The van der Waals surface area contributed by atoms with E-state index in [9.17, 15) is 13.5 Å². The summed E-state index contributed by atoms with van der Waals surface area (Å²) in [7, 11) is -3.53. The van der Waals surface area contributed by atoms with Gasteiger partial charge in [0.25, 0.3) is 10.0 Å². The Morgan fingerprint density at radius 3 is 2.95 bits per heavy atom. The van der Waals surface area contributed by atoms with Gasteiger partial charge in [0.1, 0.15) is 0 Å². The number of aryl methyl sites for hydroxylation is 1. The van der Waals surface area contributed by atoms with Crippen LogP contribution in [0.15, 0.2) is 17.3 Å². The topological polar surface area (TPSA) is 87.5 Å². The fraction of sp³-hybridized carbons (Fsp3) is 0.786. The second kappa shape index (κ2) is 8.05. The molecule has 0 unspecified atom stereocenters. The van der Waals surface area contributed by atoms with Crippen LogP contribution < -0.4 is 4.72 Å². The van der Waals surface area contributed by atoms with Crippen LogP contribution in [-0.4, -0.2) is 60.5 Å². The van der Waals surface area contributed by atoms with Gasteiger partial charge in [0, 0.05) is 25.7 Å². The number of sulfonamides is 1. The summed E-state index contributed by atoms with van der Waals surface area (Å²) in [6, 6.07) is 1.68. The van der Waals surface area contributed by atoms with Crippen LogP contribution in [0.25, 0.3) is 0 Å². The van der Waals surface area contributed by atoms with E-state index in [4.69, 9.17) is 0 Å². The molecule has 1 fully saturated rings. The molecule has 0 aromatic carbocycles. The van der Waals surface area contributed by atoms with E-state index in [0.29, 0.717) is 19.6 Å². The van der Waals surface area contributed by atoms with E-state index in [1.807, 2.05) is 6.92 Å². The Balaban J connectivity index is 1.91. The summed E-state index contributed by atoms with van der Waals surface area (Å²) in [6.07, 6.45) is 5.55. The highest BCUT2D eigenvalue weighted by Gasteiger charge is 2.23. The molecule has 8 heteroatoms. The first-order chi connectivity index (χ1) is 10.6. The van der Waals surface area contributed by atoms with Gasteiger partial charge in [-0.05, 0) is 31.9 Å². The Hall–Kier alpha value is -0.960. The number of likely N-dealkylation sites (tertiary alicyclic amines) is 1. The van der Waals surface area contributed by atoms with Gasteiger partial charge in [-0.1, -0.05) is 13.3 Å². The molecular weight excluding hydrogens is 304 g/mol. The zero-order valence-corrected chi connectivity index (χ0v) is 13.9. The fourth-order valence-corrected chi connectivity index (χ4v) is 4.05. The number of aliphatic hydroxyl groups is 1. The highest BCUT2D eigenvalue weighted by molar-refractivity contribution is 7.89. The molecule has 0 aliphatic carbocycles. The first kappa shape index (κ1) is 17.4. The zero-order valence-electron chi connectivity index (χ0n) is 13.1. The maximum absolute atomic E-state index is 12.3. The minimum atomic E-state index is -3.53. The molecule has 0 saturated carbocycles. The normalized spacial score (nSPS) is 20.4. The van der Waals surface area contributed by atoms with E-state index in [1.54, 1.807) is 0 Å². The van der Waals surface area contributed by atoms with Crippen molar-refractivity contribution < 1.29 is 13.5 Å². The number of piperidine rings is 1. The van der Waals surface area contributed by atoms with Crippen LogP contribution >= 0.6 is 0 Å². The van der Waals surface area contributed by atoms with Gasteiger partial charge in [0.05, 0.1) is 12.8 Å². The van der Waals surface area contributed by atoms with Crippen molar-refractivity contribution in [2.75, 3.05) is 26.2 Å². The summed E-state index contributed by atoms with van der Waals surface area (Å²) in [4.78, 5) is 2.16. The Kier molecular flexibility index (Phi) is 6.37. The highest BCUT2D eigenvalue weighted by Crippen LogP contribution is 2.16. The van der Waals surface area contributed by atoms with Gasteiger partial charge < -0.3 is 5.11 Å². The summed E-state index contributed by atoms with van der Waals surface area (Å²) in [5, 5.41) is 13.6. The van der Waals surface area contributed by atoms with Crippen LogP contribution in [-0.2, 0) is 16.6 Å². The molecule has 126 valence electrons. The average Bonchev–Trinajstić information content (AvgIpc) is 2.97. The van der Waals surface area contributed by atoms with Crippen LogP contribution in [0.3, 0.4) is 0 Å².